The van der Waals surface area contributed by atoms with Crippen molar-refractivity contribution >= 4 is 10.8 Å². The van der Waals surface area contributed by atoms with Crippen LogP contribution in [0, 0.1) is 11.8 Å². The zero-order valence-corrected chi connectivity index (χ0v) is 11.0. The van der Waals surface area contributed by atoms with Crippen molar-refractivity contribution in [1.82, 2.24) is 0 Å². The number of unbranched alkanes of at least 4 members (excludes halogenated alkanes) is 2. The lowest BCUT2D eigenvalue weighted by Crippen LogP contribution is -1.83. The summed E-state index contributed by atoms with van der Waals surface area (Å²) < 4.78 is 5.22. The molecule has 92 valence electrons. The molecule has 0 saturated carbocycles. The average Bonchev–Trinajstić information content (AvgIpc) is 2.43. The van der Waals surface area contributed by atoms with E-state index in [2.05, 4.69) is 43.0 Å². The van der Waals surface area contributed by atoms with E-state index in [-0.39, 0.29) is 0 Å². The van der Waals surface area contributed by atoms with E-state index >= 15 is 0 Å². The second-order valence-electron chi connectivity index (χ2n) is 4.33. The minimum atomic E-state index is 0.893. The Labute approximate surface area is 109 Å². The Hall–Kier alpha value is -1.94. The van der Waals surface area contributed by atoms with Crippen molar-refractivity contribution in [1.29, 1.82) is 0 Å². The molecule has 0 aliphatic carbocycles. The molecule has 0 aliphatic rings. The van der Waals surface area contributed by atoms with Gasteiger partial charge in [-0.2, -0.15) is 0 Å². The van der Waals surface area contributed by atoms with Gasteiger partial charge in [-0.05, 0) is 41.5 Å². The highest BCUT2D eigenvalue weighted by molar-refractivity contribution is 5.85. The Morgan fingerprint density at radius 1 is 1.06 bits per heavy atom. The van der Waals surface area contributed by atoms with Gasteiger partial charge in [-0.1, -0.05) is 37.3 Å². The molecule has 18 heavy (non-hydrogen) atoms. The van der Waals surface area contributed by atoms with Crippen LogP contribution in [0.5, 0.6) is 5.75 Å². The van der Waals surface area contributed by atoms with Crippen LogP contribution in [0.3, 0.4) is 0 Å². The number of rotatable bonds is 3. The summed E-state index contributed by atoms with van der Waals surface area (Å²) in [6, 6.07) is 12.4. The van der Waals surface area contributed by atoms with Gasteiger partial charge in [-0.3, -0.25) is 0 Å². The fourth-order valence-corrected chi connectivity index (χ4v) is 1.86. The van der Waals surface area contributed by atoms with Gasteiger partial charge in [0.2, 0.25) is 0 Å². The standard InChI is InChI=1S/C17H18O/c1-3-4-5-6-7-14-8-9-16-13-17(18-2)11-10-15(16)12-14/h8-13H,3-5H2,1-2H3. The SMILES string of the molecule is CCCCC#Cc1ccc2cc(OC)ccc2c1. The van der Waals surface area contributed by atoms with E-state index in [1.54, 1.807) is 7.11 Å². The number of hydrogen-bond donors (Lipinski definition) is 0. The summed E-state index contributed by atoms with van der Waals surface area (Å²) >= 11 is 0. The van der Waals surface area contributed by atoms with Gasteiger partial charge in [0.25, 0.3) is 0 Å². The van der Waals surface area contributed by atoms with E-state index in [4.69, 9.17) is 4.74 Å². The summed E-state index contributed by atoms with van der Waals surface area (Å²) in [7, 11) is 1.69. The van der Waals surface area contributed by atoms with Crippen LogP contribution < -0.4 is 4.74 Å². The van der Waals surface area contributed by atoms with Gasteiger partial charge in [0.1, 0.15) is 5.75 Å². The van der Waals surface area contributed by atoms with E-state index in [0.717, 1.165) is 17.7 Å². The number of hydrogen-bond acceptors (Lipinski definition) is 1. The number of fused-ring (bicyclic) bond motifs is 1. The van der Waals surface area contributed by atoms with Gasteiger partial charge in [0.05, 0.1) is 7.11 Å². The molecular weight excluding hydrogens is 220 g/mol. The summed E-state index contributed by atoms with van der Waals surface area (Å²) in [6.07, 6.45) is 3.36. The number of ether oxygens (including phenoxy) is 1. The Morgan fingerprint density at radius 2 is 1.83 bits per heavy atom. The molecule has 2 aromatic rings. The van der Waals surface area contributed by atoms with Crippen molar-refractivity contribution in [2.24, 2.45) is 0 Å². The van der Waals surface area contributed by atoms with E-state index in [1.165, 1.54) is 23.6 Å². The topological polar surface area (TPSA) is 9.23 Å². The summed E-state index contributed by atoms with van der Waals surface area (Å²) in [5.74, 6) is 7.33. The fourth-order valence-electron chi connectivity index (χ4n) is 1.86. The molecule has 0 atom stereocenters. The van der Waals surface area contributed by atoms with Crippen molar-refractivity contribution in [3.63, 3.8) is 0 Å². The molecule has 0 heterocycles. The second-order valence-corrected chi connectivity index (χ2v) is 4.33. The molecule has 0 bridgehead atoms. The van der Waals surface area contributed by atoms with Crippen LogP contribution in [0.15, 0.2) is 36.4 Å². The van der Waals surface area contributed by atoms with Crippen LogP contribution in [-0.2, 0) is 0 Å². The van der Waals surface area contributed by atoms with E-state index < -0.39 is 0 Å². The first-order chi connectivity index (χ1) is 8.83. The van der Waals surface area contributed by atoms with Crippen LogP contribution in [0.4, 0.5) is 0 Å². The molecule has 2 rings (SSSR count). The smallest absolute Gasteiger partial charge is 0.119 e. The van der Waals surface area contributed by atoms with Gasteiger partial charge >= 0.3 is 0 Å². The predicted molar refractivity (Wildman–Crippen MR) is 76.9 cm³/mol. The van der Waals surface area contributed by atoms with Crippen molar-refractivity contribution < 1.29 is 4.74 Å². The molecule has 0 radical (unpaired) electrons. The number of methoxy groups -OCH3 is 1. The highest BCUT2D eigenvalue weighted by Crippen LogP contribution is 2.21. The van der Waals surface area contributed by atoms with Crippen LogP contribution in [0.1, 0.15) is 31.7 Å². The maximum Gasteiger partial charge on any atom is 0.119 e. The van der Waals surface area contributed by atoms with Crippen LogP contribution >= 0.6 is 0 Å². The van der Waals surface area contributed by atoms with Crippen molar-refractivity contribution in [3.8, 4) is 17.6 Å². The molecular formula is C17H18O. The van der Waals surface area contributed by atoms with Gasteiger partial charge in [-0.15, -0.1) is 0 Å². The normalized spacial score (nSPS) is 9.89. The molecule has 1 heteroatoms. The molecule has 0 unspecified atom stereocenters. The summed E-state index contributed by atoms with van der Waals surface area (Å²) in [4.78, 5) is 0. The van der Waals surface area contributed by atoms with E-state index in [9.17, 15) is 0 Å². The third-order valence-corrected chi connectivity index (χ3v) is 2.94. The van der Waals surface area contributed by atoms with E-state index in [0.29, 0.717) is 0 Å². The predicted octanol–water partition coefficient (Wildman–Crippen LogP) is 4.39. The first-order valence-electron chi connectivity index (χ1n) is 6.40. The van der Waals surface area contributed by atoms with E-state index in [1.807, 2.05) is 12.1 Å². The Morgan fingerprint density at radius 3 is 2.61 bits per heavy atom. The first-order valence-corrected chi connectivity index (χ1v) is 6.40. The lowest BCUT2D eigenvalue weighted by Gasteiger charge is -2.02. The number of benzene rings is 2. The molecule has 0 aliphatic heterocycles. The minimum Gasteiger partial charge on any atom is -0.497 e. The maximum absolute atomic E-state index is 5.22. The Bertz CT molecular complexity index is 587. The molecule has 1 nitrogen and oxygen atoms in total. The molecule has 0 N–H and O–H groups in total. The maximum atomic E-state index is 5.22. The lowest BCUT2D eigenvalue weighted by atomic mass is 10.1. The van der Waals surface area contributed by atoms with Crippen LogP contribution in [0.2, 0.25) is 0 Å². The van der Waals surface area contributed by atoms with Gasteiger partial charge in [0, 0.05) is 12.0 Å². The van der Waals surface area contributed by atoms with Gasteiger partial charge < -0.3 is 4.74 Å². The van der Waals surface area contributed by atoms with Crippen LogP contribution in [0.25, 0.3) is 10.8 Å². The Balaban J connectivity index is 2.24. The summed E-state index contributed by atoms with van der Waals surface area (Å²) in [5.41, 5.74) is 1.09. The lowest BCUT2D eigenvalue weighted by molar-refractivity contribution is 0.415. The Kier molecular flexibility index (Phi) is 4.25. The molecule has 0 amide bonds. The van der Waals surface area contributed by atoms with Crippen molar-refractivity contribution in [2.45, 2.75) is 26.2 Å². The summed E-state index contributed by atoms with van der Waals surface area (Å²) in [6.45, 7) is 2.19. The highest BCUT2D eigenvalue weighted by atomic mass is 16.5. The first kappa shape index (κ1) is 12.5. The largest absolute Gasteiger partial charge is 0.497 e. The van der Waals surface area contributed by atoms with Gasteiger partial charge in [-0.25, -0.2) is 0 Å². The zero-order chi connectivity index (χ0) is 12.8. The van der Waals surface area contributed by atoms with Crippen molar-refractivity contribution in [2.75, 3.05) is 7.11 Å². The molecule has 0 spiro atoms. The molecule has 2 aromatic carbocycles. The average molecular weight is 238 g/mol. The third kappa shape index (κ3) is 3.05. The fraction of sp³-hybridized carbons (Fsp3) is 0.294. The second kappa shape index (κ2) is 6.12. The molecule has 0 aromatic heterocycles. The van der Waals surface area contributed by atoms with Crippen molar-refractivity contribution in [3.05, 3.63) is 42.0 Å². The molecule has 0 fully saturated rings. The summed E-state index contributed by atoms with van der Waals surface area (Å²) in [5, 5.41) is 2.39. The van der Waals surface area contributed by atoms with Gasteiger partial charge in [0.15, 0.2) is 0 Å². The quantitative estimate of drug-likeness (QED) is 0.569. The highest BCUT2D eigenvalue weighted by Gasteiger charge is 1.97. The monoisotopic (exact) mass is 238 g/mol. The zero-order valence-electron chi connectivity index (χ0n) is 11.0. The minimum absolute atomic E-state index is 0.893. The van der Waals surface area contributed by atoms with Crippen LogP contribution in [-0.4, -0.2) is 7.11 Å². The third-order valence-electron chi connectivity index (χ3n) is 2.94. The molecule has 0 saturated heterocycles.